The van der Waals surface area contributed by atoms with Crippen molar-refractivity contribution in [1.29, 1.82) is 0 Å². The lowest BCUT2D eigenvalue weighted by atomic mass is 9.86. The zero-order chi connectivity index (χ0) is 17.7. The van der Waals surface area contributed by atoms with Gasteiger partial charge in [0.15, 0.2) is 0 Å². The molecular formula is C18H23F2NO3. The van der Waals surface area contributed by atoms with Crippen LogP contribution in [0.25, 0.3) is 0 Å². The van der Waals surface area contributed by atoms with E-state index in [2.05, 4.69) is 0 Å². The number of amides is 1. The van der Waals surface area contributed by atoms with Gasteiger partial charge in [0.05, 0.1) is 12.6 Å². The standard InChI is InChI=1S/C18H23F2NO3/c1-17(2,3)24-16(23)21-10-18(8-12(18)6-15(21)9-22)11-4-13(19)7-14(20)5-11/h4-5,7,12,15,22H,6,8-10H2,1-3H3. The number of halogens is 2. The summed E-state index contributed by atoms with van der Waals surface area (Å²) in [5.41, 5.74) is -0.504. The van der Waals surface area contributed by atoms with Crippen molar-refractivity contribution in [2.45, 2.75) is 50.7 Å². The molecule has 3 atom stereocenters. The second kappa shape index (κ2) is 5.69. The van der Waals surface area contributed by atoms with Gasteiger partial charge in [0.2, 0.25) is 0 Å². The van der Waals surface area contributed by atoms with E-state index in [1.54, 1.807) is 20.8 Å². The van der Waals surface area contributed by atoms with Crippen LogP contribution in [0.3, 0.4) is 0 Å². The number of aliphatic hydroxyl groups excluding tert-OH is 1. The van der Waals surface area contributed by atoms with Crippen LogP contribution in [0.5, 0.6) is 0 Å². The van der Waals surface area contributed by atoms with E-state index in [9.17, 15) is 18.7 Å². The summed E-state index contributed by atoms with van der Waals surface area (Å²) >= 11 is 0. The van der Waals surface area contributed by atoms with Crippen LogP contribution in [0.4, 0.5) is 13.6 Å². The molecule has 3 rings (SSSR count). The molecule has 3 unspecified atom stereocenters. The summed E-state index contributed by atoms with van der Waals surface area (Å²) in [7, 11) is 0. The lowest BCUT2D eigenvalue weighted by Crippen LogP contribution is -2.52. The minimum absolute atomic E-state index is 0.149. The summed E-state index contributed by atoms with van der Waals surface area (Å²) in [6, 6.07) is 3.21. The average molecular weight is 339 g/mol. The number of ether oxygens (including phenoxy) is 1. The van der Waals surface area contributed by atoms with Gasteiger partial charge in [-0.05, 0) is 57.2 Å². The topological polar surface area (TPSA) is 49.8 Å². The Hall–Kier alpha value is -1.69. The molecule has 0 radical (unpaired) electrons. The lowest BCUT2D eigenvalue weighted by molar-refractivity contribution is -0.00200. The van der Waals surface area contributed by atoms with Crippen LogP contribution in [0.2, 0.25) is 0 Å². The Kier molecular flexibility index (Phi) is 4.06. The van der Waals surface area contributed by atoms with Crippen LogP contribution in [0, 0.1) is 17.6 Å². The third kappa shape index (κ3) is 3.11. The molecule has 6 heteroatoms. The van der Waals surface area contributed by atoms with Gasteiger partial charge in [-0.15, -0.1) is 0 Å². The normalized spacial score (nSPS) is 29.2. The summed E-state index contributed by atoms with van der Waals surface area (Å²) in [6.07, 6.45) is 0.864. The minimum atomic E-state index is -0.643. The summed E-state index contributed by atoms with van der Waals surface area (Å²) in [4.78, 5) is 14.0. The van der Waals surface area contributed by atoms with Gasteiger partial charge in [-0.25, -0.2) is 13.6 Å². The number of nitrogens with zero attached hydrogens (tertiary/aromatic N) is 1. The van der Waals surface area contributed by atoms with E-state index in [0.717, 1.165) is 12.5 Å². The zero-order valence-electron chi connectivity index (χ0n) is 14.2. The predicted molar refractivity (Wildman–Crippen MR) is 84.6 cm³/mol. The first kappa shape index (κ1) is 17.1. The van der Waals surface area contributed by atoms with Crippen LogP contribution in [-0.2, 0) is 10.2 Å². The highest BCUT2D eigenvalue weighted by Crippen LogP contribution is 2.60. The Labute approximate surface area is 140 Å². The van der Waals surface area contributed by atoms with Crippen molar-refractivity contribution in [2.75, 3.05) is 13.2 Å². The van der Waals surface area contributed by atoms with E-state index in [-0.39, 0.29) is 18.6 Å². The maximum Gasteiger partial charge on any atom is 0.410 e. The Morgan fingerprint density at radius 3 is 2.50 bits per heavy atom. The highest BCUT2D eigenvalue weighted by atomic mass is 19.1. The molecule has 132 valence electrons. The summed E-state index contributed by atoms with van der Waals surface area (Å²) in [5.74, 6) is -1.01. The molecule has 0 aromatic heterocycles. The van der Waals surface area contributed by atoms with Crippen molar-refractivity contribution >= 4 is 6.09 Å². The van der Waals surface area contributed by atoms with Crippen molar-refractivity contribution < 1.29 is 23.4 Å². The Balaban J connectivity index is 1.87. The van der Waals surface area contributed by atoms with E-state index >= 15 is 0 Å². The maximum absolute atomic E-state index is 13.6. The Bertz CT molecular complexity index is 638. The van der Waals surface area contributed by atoms with Gasteiger partial charge in [0.1, 0.15) is 17.2 Å². The van der Waals surface area contributed by atoms with Gasteiger partial charge in [-0.3, -0.25) is 0 Å². The number of hydrogen-bond donors (Lipinski definition) is 1. The number of rotatable bonds is 2. The number of likely N-dealkylation sites (tertiary alicyclic amines) is 1. The van der Waals surface area contributed by atoms with Crippen LogP contribution >= 0.6 is 0 Å². The molecule has 1 saturated carbocycles. The third-order valence-corrected chi connectivity index (χ3v) is 4.96. The van der Waals surface area contributed by atoms with E-state index < -0.39 is 28.7 Å². The highest BCUT2D eigenvalue weighted by molar-refractivity contribution is 5.69. The molecule has 4 nitrogen and oxygen atoms in total. The Morgan fingerprint density at radius 1 is 1.33 bits per heavy atom. The molecule has 0 bridgehead atoms. The monoisotopic (exact) mass is 339 g/mol. The van der Waals surface area contributed by atoms with E-state index in [1.165, 1.54) is 17.0 Å². The number of carbonyl (C=O) groups is 1. The van der Waals surface area contributed by atoms with Crippen molar-refractivity contribution in [3.05, 3.63) is 35.4 Å². The van der Waals surface area contributed by atoms with E-state index in [0.29, 0.717) is 18.5 Å². The SMILES string of the molecule is CC(C)(C)OC(=O)N1CC2(c3cc(F)cc(F)c3)CC2CC1CO. The molecule has 1 amide bonds. The smallest absolute Gasteiger partial charge is 0.410 e. The number of hydrogen-bond acceptors (Lipinski definition) is 3. The lowest BCUT2D eigenvalue weighted by Gasteiger charge is -2.39. The van der Waals surface area contributed by atoms with E-state index in [1.807, 2.05) is 0 Å². The molecule has 1 aromatic carbocycles. The van der Waals surface area contributed by atoms with Gasteiger partial charge >= 0.3 is 6.09 Å². The zero-order valence-corrected chi connectivity index (χ0v) is 14.2. The molecule has 24 heavy (non-hydrogen) atoms. The van der Waals surface area contributed by atoms with Crippen molar-refractivity contribution in [1.82, 2.24) is 4.90 Å². The first-order chi connectivity index (χ1) is 11.1. The fourth-order valence-corrected chi connectivity index (χ4v) is 3.77. The maximum atomic E-state index is 13.6. The number of benzene rings is 1. The highest BCUT2D eigenvalue weighted by Gasteiger charge is 2.61. The largest absolute Gasteiger partial charge is 0.444 e. The Morgan fingerprint density at radius 2 is 1.96 bits per heavy atom. The quantitative estimate of drug-likeness (QED) is 0.900. The third-order valence-electron chi connectivity index (χ3n) is 4.96. The molecule has 2 fully saturated rings. The van der Waals surface area contributed by atoms with Gasteiger partial charge < -0.3 is 14.7 Å². The number of piperidine rings is 1. The fourth-order valence-electron chi connectivity index (χ4n) is 3.77. The molecule has 0 spiro atoms. The predicted octanol–water partition coefficient (Wildman–Crippen LogP) is 3.22. The first-order valence-electron chi connectivity index (χ1n) is 8.22. The van der Waals surface area contributed by atoms with Crippen LogP contribution < -0.4 is 0 Å². The van der Waals surface area contributed by atoms with Gasteiger partial charge in [0.25, 0.3) is 0 Å². The van der Waals surface area contributed by atoms with Gasteiger partial charge in [-0.1, -0.05) is 0 Å². The minimum Gasteiger partial charge on any atom is -0.444 e. The number of fused-ring (bicyclic) bond motifs is 1. The molecule has 1 heterocycles. The second-order valence-corrected chi connectivity index (χ2v) is 7.90. The van der Waals surface area contributed by atoms with Crippen LogP contribution in [0.15, 0.2) is 18.2 Å². The second-order valence-electron chi connectivity index (χ2n) is 7.90. The van der Waals surface area contributed by atoms with Gasteiger partial charge in [-0.2, -0.15) is 0 Å². The van der Waals surface area contributed by atoms with Crippen molar-refractivity contribution in [3.63, 3.8) is 0 Å². The van der Waals surface area contributed by atoms with E-state index in [4.69, 9.17) is 4.74 Å². The number of aliphatic hydroxyl groups is 1. The average Bonchev–Trinajstić information content (AvgIpc) is 3.17. The summed E-state index contributed by atoms with van der Waals surface area (Å²) in [6.45, 7) is 5.49. The number of carbonyl (C=O) groups excluding carboxylic acids is 1. The van der Waals surface area contributed by atoms with Crippen LogP contribution in [0.1, 0.15) is 39.2 Å². The molecule has 2 aliphatic rings. The molecular weight excluding hydrogens is 316 g/mol. The molecule has 1 saturated heterocycles. The van der Waals surface area contributed by atoms with Crippen molar-refractivity contribution in [3.8, 4) is 0 Å². The van der Waals surface area contributed by atoms with Gasteiger partial charge in [0, 0.05) is 18.0 Å². The van der Waals surface area contributed by atoms with Crippen LogP contribution in [-0.4, -0.2) is 40.9 Å². The molecule has 1 aliphatic heterocycles. The fraction of sp³-hybridized carbons (Fsp3) is 0.611. The first-order valence-corrected chi connectivity index (χ1v) is 8.22. The summed E-state index contributed by atoms with van der Waals surface area (Å²) < 4.78 is 32.6. The molecule has 1 aromatic rings. The molecule has 1 aliphatic carbocycles. The molecule has 1 N–H and O–H groups in total. The van der Waals surface area contributed by atoms with Crippen molar-refractivity contribution in [2.24, 2.45) is 5.92 Å². The summed E-state index contributed by atoms with van der Waals surface area (Å²) in [5, 5.41) is 9.62.